The summed E-state index contributed by atoms with van der Waals surface area (Å²) in [5, 5.41) is 12.5. The van der Waals surface area contributed by atoms with E-state index >= 15 is 0 Å². The second kappa shape index (κ2) is 5.25. The maximum absolute atomic E-state index is 10.6. The summed E-state index contributed by atoms with van der Waals surface area (Å²) in [5.41, 5.74) is 1.71. The number of rotatable bonds is 3. The van der Waals surface area contributed by atoms with Crippen LogP contribution < -0.4 is 4.74 Å². The molecule has 0 aliphatic rings. The highest BCUT2D eigenvalue weighted by atomic mass is 16.5. The van der Waals surface area contributed by atoms with E-state index in [0.717, 1.165) is 27.6 Å². The number of phenols is 1. The molecule has 0 saturated carbocycles. The smallest absolute Gasteiger partial charge is 0.134 e. The van der Waals surface area contributed by atoms with E-state index in [1.165, 1.54) is 0 Å². The third-order valence-electron chi connectivity index (χ3n) is 3.35. The van der Waals surface area contributed by atoms with E-state index in [9.17, 15) is 5.11 Å². The fraction of sp³-hybridized carbons (Fsp3) is 0.111. The molecule has 3 aromatic rings. The monoisotopic (exact) mass is 264 g/mol. The van der Waals surface area contributed by atoms with Crippen LogP contribution in [-0.2, 0) is 0 Å². The van der Waals surface area contributed by atoms with E-state index in [1.54, 1.807) is 0 Å². The number of hydrogen-bond acceptors (Lipinski definition) is 2. The Hall–Kier alpha value is -2.48. The lowest BCUT2D eigenvalue weighted by atomic mass is 9.98. The van der Waals surface area contributed by atoms with Crippen molar-refractivity contribution in [2.24, 2.45) is 0 Å². The Morgan fingerprint density at radius 1 is 0.950 bits per heavy atom. The largest absolute Gasteiger partial charge is 0.507 e. The van der Waals surface area contributed by atoms with Gasteiger partial charge < -0.3 is 9.84 Å². The number of benzene rings is 3. The quantitative estimate of drug-likeness (QED) is 0.748. The summed E-state index contributed by atoms with van der Waals surface area (Å²) in [4.78, 5) is 0. The second-order valence-electron chi connectivity index (χ2n) is 4.62. The number of aromatic hydroxyl groups is 1. The maximum Gasteiger partial charge on any atom is 0.134 e. The van der Waals surface area contributed by atoms with Crippen LogP contribution in [0.5, 0.6) is 11.5 Å². The minimum absolute atomic E-state index is 0.276. The first kappa shape index (κ1) is 12.5. The Kier molecular flexibility index (Phi) is 3.30. The van der Waals surface area contributed by atoms with Gasteiger partial charge in [0.2, 0.25) is 0 Å². The van der Waals surface area contributed by atoms with Crippen LogP contribution in [0.3, 0.4) is 0 Å². The van der Waals surface area contributed by atoms with E-state index in [2.05, 4.69) is 0 Å². The third-order valence-corrected chi connectivity index (χ3v) is 3.35. The highest BCUT2D eigenvalue weighted by Crippen LogP contribution is 2.43. The molecule has 0 atom stereocenters. The van der Waals surface area contributed by atoms with Crippen molar-refractivity contribution >= 4 is 10.8 Å². The van der Waals surface area contributed by atoms with Crippen molar-refractivity contribution in [1.29, 1.82) is 0 Å². The molecule has 1 N–H and O–H groups in total. The minimum Gasteiger partial charge on any atom is -0.507 e. The van der Waals surface area contributed by atoms with E-state index in [4.69, 9.17) is 4.74 Å². The predicted molar refractivity (Wildman–Crippen MR) is 82.2 cm³/mol. The van der Waals surface area contributed by atoms with E-state index in [0.29, 0.717) is 6.61 Å². The fourth-order valence-electron chi connectivity index (χ4n) is 2.46. The van der Waals surface area contributed by atoms with Crippen molar-refractivity contribution in [2.45, 2.75) is 6.92 Å². The number of ether oxygens (including phenoxy) is 1. The van der Waals surface area contributed by atoms with Crippen molar-refractivity contribution in [3.8, 4) is 22.6 Å². The van der Waals surface area contributed by atoms with Crippen LogP contribution in [0.1, 0.15) is 6.92 Å². The lowest BCUT2D eigenvalue weighted by Gasteiger charge is -2.14. The molecule has 0 aromatic heterocycles. The molecule has 2 heteroatoms. The van der Waals surface area contributed by atoms with Gasteiger partial charge in [-0.3, -0.25) is 0 Å². The van der Waals surface area contributed by atoms with Gasteiger partial charge in [0, 0.05) is 5.39 Å². The van der Waals surface area contributed by atoms with Crippen LogP contribution in [0.4, 0.5) is 0 Å². The molecule has 0 radical (unpaired) electrons. The molecular weight excluding hydrogens is 248 g/mol. The van der Waals surface area contributed by atoms with Gasteiger partial charge in [0.25, 0.3) is 0 Å². The normalized spacial score (nSPS) is 10.7. The first-order chi connectivity index (χ1) is 9.81. The first-order valence-corrected chi connectivity index (χ1v) is 6.74. The first-order valence-electron chi connectivity index (χ1n) is 6.74. The Labute approximate surface area is 118 Å². The molecule has 0 amide bonds. The molecule has 3 aromatic carbocycles. The van der Waals surface area contributed by atoms with Gasteiger partial charge in [-0.05, 0) is 23.9 Å². The van der Waals surface area contributed by atoms with E-state index in [1.807, 2.05) is 67.6 Å². The summed E-state index contributed by atoms with van der Waals surface area (Å²) in [7, 11) is 0. The summed E-state index contributed by atoms with van der Waals surface area (Å²) >= 11 is 0. The van der Waals surface area contributed by atoms with Crippen LogP contribution in [0.15, 0.2) is 60.7 Å². The molecule has 0 fully saturated rings. The molecule has 0 saturated heterocycles. The van der Waals surface area contributed by atoms with Crippen LogP contribution in [0.2, 0.25) is 0 Å². The summed E-state index contributed by atoms with van der Waals surface area (Å²) in [6.45, 7) is 2.51. The fourth-order valence-corrected chi connectivity index (χ4v) is 2.46. The average molecular weight is 264 g/mol. The van der Waals surface area contributed by atoms with Crippen molar-refractivity contribution in [3.63, 3.8) is 0 Å². The Bertz CT molecular complexity index is 733. The van der Waals surface area contributed by atoms with E-state index in [-0.39, 0.29) is 5.75 Å². The Morgan fingerprint density at radius 3 is 2.40 bits per heavy atom. The average Bonchev–Trinajstić information content (AvgIpc) is 2.49. The zero-order chi connectivity index (χ0) is 13.9. The van der Waals surface area contributed by atoms with Crippen LogP contribution in [0, 0.1) is 0 Å². The zero-order valence-corrected chi connectivity index (χ0v) is 11.3. The van der Waals surface area contributed by atoms with Gasteiger partial charge in [-0.25, -0.2) is 0 Å². The number of phenolic OH excluding ortho intramolecular Hbond substituents is 1. The van der Waals surface area contributed by atoms with Crippen molar-refractivity contribution in [1.82, 2.24) is 0 Å². The molecule has 0 aliphatic heterocycles. The maximum atomic E-state index is 10.6. The van der Waals surface area contributed by atoms with Crippen LogP contribution in [-0.4, -0.2) is 11.7 Å². The van der Waals surface area contributed by atoms with Gasteiger partial charge in [0.05, 0.1) is 12.2 Å². The van der Waals surface area contributed by atoms with Crippen LogP contribution >= 0.6 is 0 Å². The molecule has 0 heterocycles. The van der Waals surface area contributed by atoms with Crippen molar-refractivity contribution in [2.75, 3.05) is 6.61 Å². The predicted octanol–water partition coefficient (Wildman–Crippen LogP) is 4.61. The lowest BCUT2D eigenvalue weighted by molar-refractivity contribution is 0.340. The molecule has 0 aliphatic carbocycles. The van der Waals surface area contributed by atoms with Crippen LogP contribution in [0.25, 0.3) is 21.9 Å². The molecule has 100 valence electrons. The zero-order valence-electron chi connectivity index (χ0n) is 11.3. The Balaban J connectivity index is 2.33. The topological polar surface area (TPSA) is 29.5 Å². The highest BCUT2D eigenvalue weighted by Gasteiger charge is 2.15. The van der Waals surface area contributed by atoms with Gasteiger partial charge >= 0.3 is 0 Å². The molecular formula is C18H16O2. The van der Waals surface area contributed by atoms with Gasteiger partial charge in [-0.1, -0.05) is 54.6 Å². The molecule has 0 spiro atoms. The van der Waals surface area contributed by atoms with E-state index < -0.39 is 0 Å². The minimum atomic E-state index is 0.276. The Morgan fingerprint density at radius 2 is 1.65 bits per heavy atom. The molecule has 0 unspecified atom stereocenters. The standard InChI is InChI=1S/C18H16O2/c1-2-20-16-12-14-10-6-7-11-15(14)18(19)17(16)13-8-4-3-5-9-13/h3-12,19H,2H2,1H3. The van der Waals surface area contributed by atoms with Gasteiger partial charge in [0.15, 0.2) is 0 Å². The van der Waals surface area contributed by atoms with Gasteiger partial charge in [-0.15, -0.1) is 0 Å². The van der Waals surface area contributed by atoms with Crippen molar-refractivity contribution in [3.05, 3.63) is 60.7 Å². The molecule has 3 rings (SSSR count). The summed E-state index contributed by atoms with van der Waals surface area (Å²) in [5.74, 6) is 0.993. The molecule has 2 nitrogen and oxygen atoms in total. The number of hydrogen-bond donors (Lipinski definition) is 1. The summed E-state index contributed by atoms with van der Waals surface area (Å²) < 4.78 is 5.72. The van der Waals surface area contributed by atoms with Gasteiger partial charge in [-0.2, -0.15) is 0 Å². The lowest BCUT2D eigenvalue weighted by Crippen LogP contribution is -1.95. The second-order valence-corrected chi connectivity index (χ2v) is 4.62. The molecule has 20 heavy (non-hydrogen) atoms. The summed E-state index contributed by atoms with van der Waals surface area (Å²) in [6, 6.07) is 19.6. The third kappa shape index (κ3) is 2.10. The number of fused-ring (bicyclic) bond motifs is 1. The SMILES string of the molecule is CCOc1cc2ccccc2c(O)c1-c1ccccc1. The molecule has 0 bridgehead atoms. The summed E-state index contributed by atoms with van der Waals surface area (Å²) in [6.07, 6.45) is 0. The van der Waals surface area contributed by atoms with Crippen molar-refractivity contribution < 1.29 is 9.84 Å². The van der Waals surface area contributed by atoms with Gasteiger partial charge in [0.1, 0.15) is 11.5 Å². The highest BCUT2D eigenvalue weighted by molar-refractivity contribution is 5.97.